The Balaban J connectivity index is 2.57. The first-order valence-electron chi connectivity index (χ1n) is 3.87. The first kappa shape index (κ1) is 10.0. The lowest BCUT2D eigenvalue weighted by molar-refractivity contribution is 0.0984. The minimum absolute atomic E-state index is 0.205. The Labute approximate surface area is 74.9 Å². The normalized spacial score (nSPS) is 13.2. The van der Waals surface area contributed by atoms with Crippen molar-refractivity contribution >= 4 is 0 Å². The molecule has 0 aliphatic rings. The minimum atomic E-state index is -2.46. The SMILES string of the molecule is NNC(Cc1ccncc1)C(F)F. The smallest absolute Gasteiger partial charge is 0.255 e. The molecule has 5 heteroatoms. The molecule has 1 unspecified atom stereocenters. The Kier molecular flexibility index (Phi) is 3.72. The number of rotatable bonds is 4. The number of hydrazine groups is 1. The summed E-state index contributed by atoms with van der Waals surface area (Å²) in [6.45, 7) is 0. The maximum Gasteiger partial charge on any atom is 0.255 e. The zero-order valence-electron chi connectivity index (χ0n) is 6.95. The molecule has 0 radical (unpaired) electrons. The third-order valence-electron chi connectivity index (χ3n) is 1.72. The molecule has 3 nitrogen and oxygen atoms in total. The molecular formula is C8H11F2N3. The molecule has 0 saturated carbocycles. The Hall–Kier alpha value is -1.07. The summed E-state index contributed by atoms with van der Waals surface area (Å²) < 4.78 is 24.5. The van der Waals surface area contributed by atoms with Crippen molar-refractivity contribution in [3.8, 4) is 0 Å². The van der Waals surface area contributed by atoms with Gasteiger partial charge in [-0.3, -0.25) is 16.3 Å². The van der Waals surface area contributed by atoms with Crippen molar-refractivity contribution in [1.82, 2.24) is 10.4 Å². The Morgan fingerprint density at radius 2 is 2.00 bits per heavy atom. The van der Waals surface area contributed by atoms with E-state index in [1.54, 1.807) is 24.5 Å². The van der Waals surface area contributed by atoms with Crippen LogP contribution in [0.3, 0.4) is 0 Å². The highest BCUT2D eigenvalue weighted by molar-refractivity contribution is 5.11. The summed E-state index contributed by atoms with van der Waals surface area (Å²) in [5, 5.41) is 0. The summed E-state index contributed by atoms with van der Waals surface area (Å²) in [4.78, 5) is 3.78. The van der Waals surface area contributed by atoms with Gasteiger partial charge in [-0.15, -0.1) is 0 Å². The van der Waals surface area contributed by atoms with Gasteiger partial charge < -0.3 is 0 Å². The van der Waals surface area contributed by atoms with Gasteiger partial charge in [-0.1, -0.05) is 0 Å². The molecule has 0 spiro atoms. The molecule has 72 valence electrons. The number of hydrogen-bond donors (Lipinski definition) is 2. The second-order valence-corrected chi connectivity index (χ2v) is 2.67. The summed E-state index contributed by atoms with van der Waals surface area (Å²) in [5.74, 6) is 4.98. The van der Waals surface area contributed by atoms with Gasteiger partial charge >= 0.3 is 0 Å². The number of aromatic nitrogens is 1. The highest BCUT2D eigenvalue weighted by Crippen LogP contribution is 2.07. The number of alkyl halides is 2. The standard InChI is InChI=1S/C8H11F2N3/c9-8(10)7(13-11)5-6-1-3-12-4-2-6/h1-4,7-8,13H,5,11H2. The van der Waals surface area contributed by atoms with Crippen LogP contribution in [0.5, 0.6) is 0 Å². The van der Waals surface area contributed by atoms with E-state index < -0.39 is 12.5 Å². The fourth-order valence-corrected chi connectivity index (χ4v) is 0.994. The van der Waals surface area contributed by atoms with E-state index in [-0.39, 0.29) is 6.42 Å². The van der Waals surface area contributed by atoms with Crippen LogP contribution in [0.1, 0.15) is 5.56 Å². The molecular weight excluding hydrogens is 176 g/mol. The number of nitrogens with one attached hydrogen (secondary N) is 1. The van der Waals surface area contributed by atoms with E-state index in [0.29, 0.717) is 0 Å². The van der Waals surface area contributed by atoms with Crippen LogP contribution in [0.2, 0.25) is 0 Å². The summed E-state index contributed by atoms with van der Waals surface area (Å²) in [6.07, 6.45) is 0.873. The van der Waals surface area contributed by atoms with Crippen molar-refractivity contribution in [2.75, 3.05) is 0 Å². The van der Waals surface area contributed by atoms with Crippen molar-refractivity contribution in [1.29, 1.82) is 0 Å². The first-order valence-corrected chi connectivity index (χ1v) is 3.87. The highest BCUT2D eigenvalue weighted by atomic mass is 19.3. The number of nitrogens with zero attached hydrogens (tertiary/aromatic N) is 1. The van der Waals surface area contributed by atoms with Gasteiger partial charge in [0.1, 0.15) is 0 Å². The number of pyridine rings is 1. The minimum Gasteiger partial charge on any atom is -0.271 e. The molecule has 0 amide bonds. The van der Waals surface area contributed by atoms with Crippen LogP contribution in [-0.4, -0.2) is 17.5 Å². The molecule has 0 aromatic carbocycles. The lowest BCUT2D eigenvalue weighted by Crippen LogP contribution is -2.42. The molecule has 0 aliphatic heterocycles. The molecule has 3 N–H and O–H groups in total. The largest absolute Gasteiger partial charge is 0.271 e. The zero-order valence-corrected chi connectivity index (χ0v) is 6.95. The van der Waals surface area contributed by atoms with Gasteiger partial charge in [0.05, 0.1) is 6.04 Å². The molecule has 0 aliphatic carbocycles. The first-order chi connectivity index (χ1) is 6.24. The van der Waals surface area contributed by atoms with Gasteiger partial charge in [0.25, 0.3) is 6.43 Å². The van der Waals surface area contributed by atoms with Crippen molar-refractivity contribution in [3.05, 3.63) is 30.1 Å². The second kappa shape index (κ2) is 4.84. The lowest BCUT2D eigenvalue weighted by Gasteiger charge is -2.13. The van der Waals surface area contributed by atoms with Gasteiger partial charge in [-0.05, 0) is 24.1 Å². The molecule has 1 aromatic rings. The predicted molar refractivity (Wildman–Crippen MR) is 45.1 cm³/mol. The summed E-state index contributed by atoms with van der Waals surface area (Å²) in [7, 11) is 0. The Morgan fingerprint density at radius 1 is 1.38 bits per heavy atom. The van der Waals surface area contributed by atoms with Crippen LogP contribution < -0.4 is 11.3 Å². The van der Waals surface area contributed by atoms with Gasteiger partial charge in [-0.25, -0.2) is 8.78 Å². The molecule has 1 rings (SSSR count). The van der Waals surface area contributed by atoms with Crippen LogP contribution in [-0.2, 0) is 6.42 Å². The zero-order chi connectivity index (χ0) is 9.68. The molecule has 1 aromatic heterocycles. The van der Waals surface area contributed by atoms with Gasteiger partial charge in [-0.2, -0.15) is 0 Å². The van der Waals surface area contributed by atoms with Crippen LogP contribution in [0.15, 0.2) is 24.5 Å². The average molecular weight is 187 g/mol. The van der Waals surface area contributed by atoms with Crippen LogP contribution >= 0.6 is 0 Å². The molecule has 1 heterocycles. The van der Waals surface area contributed by atoms with Gasteiger partial charge in [0.15, 0.2) is 0 Å². The van der Waals surface area contributed by atoms with E-state index in [1.165, 1.54) is 0 Å². The van der Waals surface area contributed by atoms with E-state index in [0.717, 1.165) is 5.56 Å². The number of hydrogen-bond acceptors (Lipinski definition) is 3. The molecule has 0 bridgehead atoms. The highest BCUT2D eigenvalue weighted by Gasteiger charge is 2.18. The maximum atomic E-state index is 12.2. The fourth-order valence-electron chi connectivity index (χ4n) is 0.994. The van der Waals surface area contributed by atoms with E-state index in [2.05, 4.69) is 10.4 Å². The Bertz CT molecular complexity index is 240. The van der Waals surface area contributed by atoms with E-state index in [1.807, 2.05) is 0 Å². The van der Waals surface area contributed by atoms with Gasteiger partial charge in [0.2, 0.25) is 0 Å². The van der Waals surface area contributed by atoms with Crippen molar-refractivity contribution in [2.45, 2.75) is 18.9 Å². The second-order valence-electron chi connectivity index (χ2n) is 2.67. The summed E-state index contributed by atoms with van der Waals surface area (Å²) in [5.41, 5.74) is 2.87. The monoisotopic (exact) mass is 187 g/mol. The molecule has 0 fully saturated rings. The summed E-state index contributed by atoms with van der Waals surface area (Å²) in [6, 6.07) is 2.38. The molecule has 13 heavy (non-hydrogen) atoms. The van der Waals surface area contributed by atoms with E-state index in [4.69, 9.17) is 5.84 Å². The number of nitrogens with two attached hydrogens (primary N) is 1. The lowest BCUT2D eigenvalue weighted by atomic mass is 10.1. The van der Waals surface area contributed by atoms with Crippen molar-refractivity contribution in [2.24, 2.45) is 5.84 Å². The van der Waals surface area contributed by atoms with Crippen molar-refractivity contribution < 1.29 is 8.78 Å². The Morgan fingerprint density at radius 3 is 2.46 bits per heavy atom. The quantitative estimate of drug-likeness (QED) is 0.539. The van der Waals surface area contributed by atoms with Crippen molar-refractivity contribution in [3.63, 3.8) is 0 Å². The van der Waals surface area contributed by atoms with E-state index >= 15 is 0 Å². The van der Waals surface area contributed by atoms with E-state index in [9.17, 15) is 8.78 Å². The third-order valence-corrected chi connectivity index (χ3v) is 1.72. The third kappa shape index (κ3) is 3.04. The summed E-state index contributed by atoms with van der Waals surface area (Å²) >= 11 is 0. The van der Waals surface area contributed by atoms with Crippen LogP contribution in [0.25, 0.3) is 0 Å². The number of halogens is 2. The van der Waals surface area contributed by atoms with Gasteiger partial charge in [0, 0.05) is 12.4 Å². The van der Waals surface area contributed by atoms with Crippen LogP contribution in [0.4, 0.5) is 8.78 Å². The molecule has 0 saturated heterocycles. The van der Waals surface area contributed by atoms with Crippen LogP contribution in [0, 0.1) is 0 Å². The average Bonchev–Trinajstić information content (AvgIpc) is 2.15. The topological polar surface area (TPSA) is 50.9 Å². The predicted octanol–water partition coefficient (Wildman–Crippen LogP) is 0.721. The fraction of sp³-hybridized carbons (Fsp3) is 0.375. The maximum absolute atomic E-state index is 12.2. The molecule has 1 atom stereocenters.